The molecule has 5 nitrogen and oxygen atoms in total. The van der Waals surface area contributed by atoms with Crippen LogP contribution in [0.4, 0.5) is 0 Å². The highest BCUT2D eigenvalue weighted by atomic mass is 32.1. The highest BCUT2D eigenvalue weighted by Crippen LogP contribution is 2.26. The minimum Gasteiger partial charge on any atom is -0.337 e. The molecule has 2 aromatic heterocycles. The second-order valence-corrected chi connectivity index (χ2v) is 6.01. The van der Waals surface area contributed by atoms with Crippen molar-refractivity contribution >= 4 is 17.2 Å². The van der Waals surface area contributed by atoms with Gasteiger partial charge in [0.05, 0.1) is 4.88 Å². The number of amides is 1. The number of carbonyl (C=O) groups excluding carboxylic acids is 1. The van der Waals surface area contributed by atoms with Crippen LogP contribution in [-0.4, -0.2) is 39.1 Å². The zero-order valence-corrected chi connectivity index (χ0v) is 12.3. The predicted octanol–water partition coefficient (Wildman–Crippen LogP) is 2.45. The van der Waals surface area contributed by atoms with E-state index in [1.54, 1.807) is 0 Å². The lowest BCUT2D eigenvalue weighted by atomic mass is 9.97. The molecule has 3 heterocycles. The van der Waals surface area contributed by atoms with Crippen LogP contribution in [0, 0.1) is 0 Å². The minimum atomic E-state index is 0.135. The molecule has 0 aromatic carbocycles. The Hall–Kier alpha value is -1.69. The SMILES string of the molecule is CCc1nc([C@@H]2CCCN(C(=O)c3cccs3)C2)n[nH]1. The van der Waals surface area contributed by atoms with E-state index in [4.69, 9.17) is 0 Å². The zero-order chi connectivity index (χ0) is 13.9. The van der Waals surface area contributed by atoms with Gasteiger partial charge >= 0.3 is 0 Å². The van der Waals surface area contributed by atoms with Gasteiger partial charge in [-0.05, 0) is 24.3 Å². The number of piperidine rings is 1. The quantitative estimate of drug-likeness (QED) is 0.944. The fourth-order valence-electron chi connectivity index (χ4n) is 2.58. The number of H-pyrrole nitrogens is 1. The highest BCUT2D eigenvalue weighted by molar-refractivity contribution is 7.12. The van der Waals surface area contributed by atoms with Crippen LogP contribution in [-0.2, 0) is 6.42 Å². The van der Waals surface area contributed by atoms with Crippen molar-refractivity contribution in [1.82, 2.24) is 20.1 Å². The summed E-state index contributed by atoms with van der Waals surface area (Å²) in [4.78, 5) is 19.6. The van der Waals surface area contributed by atoms with E-state index in [0.717, 1.165) is 48.9 Å². The second kappa shape index (κ2) is 5.75. The van der Waals surface area contributed by atoms with Crippen LogP contribution in [0.3, 0.4) is 0 Å². The molecular formula is C14H18N4OS. The van der Waals surface area contributed by atoms with Crippen LogP contribution in [0.25, 0.3) is 0 Å². The number of carbonyl (C=O) groups is 1. The summed E-state index contributed by atoms with van der Waals surface area (Å²) < 4.78 is 0. The number of aromatic amines is 1. The summed E-state index contributed by atoms with van der Waals surface area (Å²) in [6.07, 6.45) is 2.92. The van der Waals surface area contributed by atoms with Gasteiger partial charge in [0.25, 0.3) is 5.91 Å². The number of thiophene rings is 1. The van der Waals surface area contributed by atoms with Gasteiger partial charge in [-0.3, -0.25) is 9.89 Å². The fraction of sp³-hybridized carbons (Fsp3) is 0.500. The molecule has 0 aliphatic carbocycles. The van der Waals surface area contributed by atoms with Gasteiger partial charge in [-0.25, -0.2) is 4.98 Å². The molecule has 1 atom stereocenters. The summed E-state index contributed by atoms with van der Waals surface area (Å²) in [6, 6.07) is 3.81. The van der Waals surface area contributed by atoms with Crippen LogP contribution >= 0.6 is 11.3 Å². The standard InChI is InChI=1S/C14H18N4OS/c1-2-12-15-13(17-16-12)10-5-3-7-18(9-10)14(19)11-6-4-8-20-11/h4,6,8,10H,2-3,5,7,9H2,1H3,(H,15,16,17)/t10-/m1/s1. The lowest BCUT2D eigenvalue weighted by Gasteiger charge is -2.31. The third kappa shape index (κ3) is 2.60. The van der Waals surface area contributed by atoms with Gasteiger partial charge in [0, 0.05) is 25.4 Å². The number of aryl methyl sites for hydroxylation is 1. The van der Waals surface area contributed by atoms with Crippen molar-refractivity contribution in [3.63, 3.8) is 0 Å². The molecule has 0 spiro atoms. The first-order chi connectivity index (χ1) is 9.78. The maximum atomic E-state index is 12.4. The number of aromatic nitrogens is 3. The van der Waals surface area contributed by atoms with Crippen molar-refractivity contribution in [2.75, 3.05) is 13.1 Å². The molecule has 1 N–H and O–H groups in total. The maximum Gasteiger partial charge on any atom is 0.263 e. The van der Waals surface area contributed by atoms with Crippen molar-refractivity contribution in [3.8, 4) is 0 Å². The van der Waals surface area contributed by atoms with Gasteiger partial charge in [-0.1, -0.05) is 13.0 Å². The minimum absolute atomic E-state index is 0.135. The molecule has 0 unspecified atom stereocenters. The number of hydrogen-bond acceptors (Lipinski definition) is 4. The van der Waals surface area contributed by atoms with Gasteiger partial charge in [0.1, 0.15) is 5.82 Å². The van der Waals surface area contributed by atoms with Crippen molar-refractivity contribution in [2.45, 2.75) is 32.1 Å². The van der Waals surface area contributed by atoms with E-state index in [2.05, 4.69) is 22.1 Å². The summed E-state index contributed by atoms with van der Waals surface area (Å²) in [5.74, 6) is 2.16. The molecular weight excluding hydrogens is 272 g/mol. The molecule has 20 heavy (non-hydrogen) atoms. The third-order valence-electron chi connectivity index (χ3n) is 3.69. The van der Waals surface area contributed by atoms with Gasteiger partial charge in [0.15, 0.2) is 5.82 Å². The molecule has 1 amide bonds. The first-order valence-electron chi connectivity index (χ1n) is 7.02. The van der Waals surface area contributed by atoms with E-state index in [1.807, 2.05) is 22.4 Å². The van der Waals surface area contributed by atoms with Crippen LogP contribution in [0.2, 0.25) is 0 Å². The highest BCUT2D eigenvalue weighted by Gasteiger charge is 2.28. The molecule has 6 heteroatoms. The summed E-state index contributed by atoms with van der Waals surface area (Å²) in [5.41, 5.74) is 0. The second-order valence-electron chi connectivity index (χ2n) is 5.06. The zero-order valence-electron chi connectivity index (χ0n) is 11.5. The normalized spacial score (nSPS) is 19.2. The molecule has 0 saturated carbocycles. The number of nitrogens with zero attached hydrogens (tertiary/aromatic N) is 3. The molecule has 0 bridgehead atoms. The molecule has 2 aromatic rings. The van der Waals surface area contributed by atoms with E-state index in [0.29, 0.717) is 0 Å². The van der Waals surface area contributed by atoms with Crippen LogP contribution in [0.1, 0.15) is 47.0 Å². The monoisotopic (exact) mass is 290 g/mol. The van der Waals surface area contributed by atoms with E-state index >= 15 is 0 Å². The lowest BCUT2D eigenvalue weighted by Crippen LogP contribution is -2.39. The van der Waals surface area contributed by atoms with Gasteiger partial charge < -0.3 is 4.90 Å². The van der Waals surface area contributed by atoms with Gasteiger partial charge in [-0.2, -0.15) is 5.10 Å². The Morgan fingerprint density at radius 2 is 2.50 bits per heavy atom. The molecule has 1 saturated heterocycles. The Bertz CT molecular complexity index is 578. The molecule has 0 radical (unpaired) electrons. The van der Waals surface area contributed by atoms with Crippen LogP contribution in [0.15, 0.2) is 17.5 Å². The van der Waals surface area contributed by atoms with Crippen molar-refractivity contribution in [1.29, 1.82) is 0 Å². The summed E-state index contributed by atoms with van der Waals surface area (Å²) in [5, 5.41) is 9.20. The van der Waals surface area contributed by atoms with Crippen molar-refractivity contribution in [2.24, 2.45) is 0 Å². The lowest BCUT2D eigenvalue weighted by molar-refractivity contribution is 0.0709. The van der Waals surface area contributed by atoms with E-state index in [9.17, 15) is 4.79 Å². The Balaban J connectivity index is 1.71. The smallest absolute Gasteiger partial charge is 0.263 e. The summed E-state index contributed by atoms with van der Waals surface area (Å²) in [7, 11) is 0. The average Bonchev–Trinajstić information content (AvgIpc) is 3.17. The summed E-state index contributed by atoms with van der Waals surface area (Å²) in [6.45, 7) is 3.60. The Morgan fingerprint density at radius 1 is 1.60 bits per heavy atom. The fourth-order valence-corrected chi connectivity index (χ4v) is 3.27. The first-order valence-corrected chi connectivity index (χ1v) is 7.90. The first kappa shape index (κ1) is 13.3. The van der Waals surface area contributed by atoms with Crippen molar-refractivity contribution in [3.05, 3.63) is 34.0 Å². The van der Waals surface area contributed by atoms with Crippen LogP contribution in [0.5, 0.6) is 0 Å². The number of rotatable bonds is 3. The van der Waals surface area contributed by atoms with Gasteiger partial charge in [-0.15, -0.1) is 11.3 Å². The molecule has 1 aliphatic rings. The largest absolute Gasteiger partial charge is 0.337 e. The maximum absolute atomic E-state index is 12.4. The molecule has 3 rings (SSSR count). The summed E-state index contributed by atoms with van der Waals surface area (Å²) >= 11 is 1.50. The Morgan fingerprint density at radius 3 is 3.20 bits per heavy atom. The number of nitrogens with one attached hydrogen (secondary N) is 1. The molecule has 106 valence electrons. The van der Waals surface area contributed by atoms with E-state index in [1.165, 1.54) is 11.3 Å². The topological polar surface area (TPSA) is 61.9 Å². The molecule has 1 fully saturated rings. The van der Waals surface area contributed by atoms with Gasteiger partial charge in [0.2, 0.25) is 0 Å². The average molecular weight is 290 g/mol. The van der Waals surface area contributed by atoms with Crippen molar-refractivity contribution < 1.29 is 4.79 Å². The van der Waals surface area contributed by atoms with E-state index in [-0.39, 0.29) is 11.8 Å². The third-order valence-corrected chi connectivity index (χ3v) is 4.55. The molecule has 1 aliphatic heterocycles. The number of hydrogen-bond donors (Lipinski definition) is 1. The van der Waals surface area contributed by atoms with E-state index < -0.39 is 0 Å². The van der Waals surface area contributed by atoms with Crippen LogP contribution < -0.4 is 0 Å². The Labute approximate surface area is 122 Å². The predicted molar refractivity (Wildman–Crippen MR) is 78.0 cm³/mol. The number of likely N-dealkylation sites (tertiary alicyclic amines) is 1. The Kier molecular flexibility index (Phi) is 3.82.